The number of esters is 1. The number of aliphatic hydroxyl groups is 1. The van der Waals surface area contributed by atoms with Crippen molar-refractivity contribution >= 4 is 17.6 Å². The van der Waals surface area contributed by atoms with Crippen molar-refractivity contribution in [3.8, 4) is 11.1 Å². The van der Waals surface area contributed by atoms with Crippen molar-refractivity contribution in [3.63, 3.8) is 0 Å². The van der Waals surface area contributed by atoms with Gasteiger partial charge in [0.2, 0.25) is 5.91 Å². The molecule has 1 aliphatic rings. The topological polar surface area (TPSA) is 119 Å². The number of hydrogen-bond donors (Lipinski definition) is 2. The minimum atomic E-state index is -1.52. The molecular formula is C32H36N2O6. The summed E-state index contributed by atoms with van der Waals surface area (Å²) in [4.78, 5) is 37.2. The lowest BCUT2D eigenvalue weighted by molar-refractivity contribution is -0.385. The maximum atomic E-state index is 13.4. The molecule has 0 heterocycles. The average Bonchev–Trinajstić information content (AvgIpc) is 3.28. The minimum Gasteiger partial charge on any atom is -0.464 e. The molecule has 2 atom stereocenters. The molecule has 0 aliphatic heterocycles. The van der Waals surface area contributed by atoms with E-state index in [1.54, 1.807) is 0 Å². The van der Waals surface area contributed by atoms with Crippen LogP contribution in [0.2, 0.25) is 0 Å². The Morgan fingerprint density at radius 1 is 0.925 bits per heavy atom. The number of nitro groups is 1. The van der Waals surface area contributed by atoms with Crippen molar-refractivity contribution in [2.24, 2.45) is 0 Å². The number of hydrogen-bond acceptors (Lipinski definition) is 6. The number of rotatable bonds is 14. The molecule has 4 rings (SSSR count). The number of nitrogens with one attached hydrogen (secondary N) is 1. The quantitative estimate of drug-likeness (QED) is 0.108. The van der Waals surface area contributed by atoms with Crippen LogP contribution in [0.4, 0.5) is 5.69 Å². The van der Waals surface area contributed by atoms with Gasteiger partial charge in [-0.1, -0.05) is 99.7 Å². The van der Waals surface area contributed by atoms with Crippen molar-refractivity contribution < 1.29 is 24.4 Å². The van der Waals surface area contributed by atoms with Crippen LogP contribution in [0, 0.1) is 10.1 Å². The van der Waals surface area contributed by atoms with E-state index in [1.165, 1.54) is 30.7 Å². The third-order valence-electron chi connectivity index (χ3n) is 7.40. The van der Waals surface area contributed by atoms with Gasteiger partial charge < -0.3 is 15.2 Å². The van der Waals surface area contributed by atoms with Gasteiger partial charge in [-0.2, -0.15) is 0 Å². The summed E-state index contributed by atoms with van der Waals surface area (Å²) in [5.74, 6) is -1.40. The molecule has 0 fully saturated rings. The van der Waals surface area contributed by atoms with Crippen molar-refractivity contribution in [1.29, 1.82) is 0 Å². The third-order valence-corrected chi connectivity index (χ3v) is 7.40. The molecule has 0 saturated heterocycles. The van der Waals surface area contributed by atoms with E-state index in [2.05, 4.69) is 12.2 Å². The van der Waals surface area contributed by atoms with Gasteiger partial charge in [-0.15, -0.1) is 0 Å². The zero-order valence-corrected chi connectivity index (χ0v) is 22.8. The van der Waals surface area contributed by atoms with Crippen LogP contribution in [0.5, 0.6) is 0 Å². The molecule has 0 radical (unpaired) electrons. The van der Waals surface area contributed by atoms with Gasteiger partial charge in [0.1, 0.15) is 6.10 Å². The Kier molecular flexibility index (Phi) is 10.0. The molecule has 0 unspecified atom stereocenters. The molecule has 0 saturated carbocycles. The van der Waals surface area contributed by atoms with Crippen molar-refractivity contribution in [3.05, 3.63) is 99.6 Å². The number of non-ortho nitro benzene ring substituents is 1. The molecular weight excluding hydrogens is 508 g/mol. The number of nitro benzene ring substituents is 1. The molecule has 8 heteroatoms. The number of nitrogens with zero attached hydrogens (tertiary/aromatic N) is 1. The zero-order valence-electron chi connectivity index (χ0n) is 22.8. The first kappa shape index (κ1) is 29.0. The second-order valence-corrected chi connectivity index (χ2v) is 10.2. The normalized spacial score (nSPS) is 13.7. The second-order valence-electron chi connectivity index (χ2n) is 10.2. The van der Waals surface area contributed by atoms with Crippen LogP contribution in [-0.4, -0.2) is 34.6 Å². The fourth-order valence-corrected chi connectivity index (χ4v) is 5.32. The van der Waals surface area contributed by atoms with Gasteiger partial charge in [-0.25, -0.2) is 4.79 Å². The molecule has 8 nitrogen and oxygen atoms in total. The molecule has 0 bridgehead atoms. The Hall–Kier alpha value is -4.04. The summed E-state index contributed by atoms with van der Waals surface area (Å²) in [5, 5.41) is 25.1. The predicted molar refractivity (Wildman–Crippen MR) is 153 cm³/mol. The van der Waals surface area contributed by atoms with E-state index in [0.717, 1.165) is 47.9 Å². The number of aliphatic hydroxyl groups excluding tert-OH is 1. The largest absolute Gasteiger partial charge is 0.464 e. The molecule has 40 heavy (non-hydrogen) atoms. The number of ether oxygens (including phenoxy) is 1. The average molecular weight is 545 g/mol. The van der Waals surface area contributed by atoms with E-state index >= 15 is 0 Å². The summed E-state index contributed by atoms with van der Waals surface area (Å²) in [6.45, 7) is 2.31. The molecule has 210 valence electrons. The van der Waals surface area contributed by atoms with Crippen molar-refractivity contribution in [2.45, 2.75) is 69.9 Å². The highest BCUT2D eigenvalue weighted by Gasteiger charge is 2.35. The Labute approximate surface area is 234 Å². The van der Waals surface area contributed by atoms with Crippen LogP contribution in [0.3, 0.4) is 0 Å². The Morgan fingerprint density at radius 2 is 1.55 bits per heavy atom. The second kappa shape index (κ2) is 13.8. The van der Waals surface area contributed by atoms with E-state index < -0.39 is 28.9 Å². The van der Waals surface area contributed by atoms with E-state index in [1.807, 2.05) is 48.5 Å². The maximum absolute atomic E-state index is 13.4. The van der Waals surface area contributed by atoms with Crippen molar-refractivity contribution in [2.75, 3.05) is 6.61 Å². The lowest BCUT2D eigenvalue weighted by Gasteiger charge is -2.24. The summed E-state index contributed by atoms with van der Waals surface area (Å²) in [5.41, 5.74) is 4.12. The highest BCUT2D eigenvalue weighted by atomic mass is 16.6. The maximum Gasteiger partial charge on any atom is 0.331 e. The first-order chi connectivity index (χ1) is 19.4. The van der Waals surface area contributed by atoms with Gasteiger partial charge in [0.25, 0.3) is 5.69 Å². The summed E-state index contributed by atoms with van der Waals surface area (Å²) in [6, 6.07) is 19.9. The van der Waals surface area contributed by atoms with E-state index in [-0.39, 0.29) is 30.2 Å². The molecule has 2 N–H and O–H groups in total. The fourth-order valence-electron chi connectivity index (χ4n) is 5.32. The monoisotopic (exact) mass is 544 g/mol. The number of benzene rings is 3. The lowest BCUT2D eigenvalue weighted by Crippen LogP contribution is -2.46. The number of fused-ring (bicyclic) bond motifs is 3. The van der Waals surface area contributed by atoms with Crippen LogP contribution in [-0.2, 0) is 14.3 Å². The van der Waals surface area contributed by atoms with Gasteiger partial charge in [0.15, 0.2) is 6.04 Å². The van der Waals surface area contributed by atoms with Crippen LogP contribution < -0.4 is 5.32 Å². The van der Waals surface area contributed by atoms with Crippen LogP contribution >= 0.6 is 0 Å². The first-order valence-electron chi connectivity index (χ1n) is 14.0. The number of carbonyl (C=O) groups is 2. The summed E-state index contributed by atoms with van der Waals surface area (Å²) in [6.07, 6.45) is 4.62. The summed E-state index contributed by atoms with van der Waals surface area (Å²) >= 11 is 0. The highest BCUT2D eigenvalue weighted by molar-refractivity contribution is 5.88. The number of amides is 1. The minimum absolute atomic E-state index is 0.0664. The Morgan fingerprint density at radius 3 is 2.20 bits per heavy atom. The smallest absolute Gasteiger partial charge is 0.331 e. The van der Waals surface area contributed by atoms with Crippen LogP contribution in [0.15, 0.2) is 72.8 Å². The number of unbranched alkanes of at least 4 members (excludes halogenated alkanes) is 5. The Bertz CT molecular complexity index is 1290. The third kappa shape index (κ3) is 6.93. The van der Waals surface area contributed by atoms with Crippen molar-refractivity contribution in [1.82, 2.24) is 5.32 Å². The molecule has 0 aromatic heterocycles. The Balaban J connectivity index is 1.49. The summed E-state index contributed by atoms with van der Waals surface area (Å²) < 4.78 is 5.47. The van der Waals surface area contributed by atoms with E-state index in [9.17, 15) is 24.8 Å². The first-order valence-corrected chi connectivity index (χ1v) is 14.0. The van der Waals surface area contributed by atoms with Gasteiger partial charge in [-0.05, 0) is 34.2 Å². The van der Waals surface area contributed by atoms with E-state index in [0.29, 0.717) is 6.42 Å². The molecule has 1 amide bonds. The SMILES string of the molecule is CCCCCCCCOC(=O)[C@H](NC(=O)CC1c2ccccc2-c2ccccc21)[C@@H](O)c1cccc([N+](=O)[O-])c1. The van der Waals surface area contributed by atoms with Gasteiger partial charge in [-0.3, -0.25) is 14.9 Å². The molecule has 0 spiro atoms. The van der Waals surface area contributed by atoms with Gasteiger partial charge in [0.05, 0.1) is 11.5 Å². The predicted octanol–water partition coefficient (Wildman–Crippen LogP) is 6.22. The number of carbonyl (C=O) groups excluding carboxylic acids is 2. The van der Waals surface area contributed by atoms with E-state index in [4.69, 9.17) is 4.74 Å². The lowest BCUT2D eigenvalue weighted by atomic mass is 9.93. The molecule has 1 aliphatic carbocycles. The van der Waals surface area contributed by atoms with Gasteiger partial charge >= 0.3 is 5.97 Å². The molecule has 3 aromatic carbocycles. The molecule has 3 aromatic rings. The van der Waals surface area contributed by atoms with Gasteiger partial charge in [0, 0.05) is 24.5 Å². The highest BCUT2D eigenvalue weighted by Crippen LogP contribution is 2.46. The zero-order chi connectivity index (χ0) is 28.5. The standard InChI is InChI=1S/C32H36N2O6/c1-2-3-4-5-6-11-19-40-32(37)30(31(36)22-13-12-14-23(20-22)34(38)39)33-29(35)21-28-26-17-9-7-15-24(26)25-16-8-10-18-27(25)28/h7-10,12-18,20,28,30-31,36H,2-6,11,19,21H2,1H3,(H,33,35)/t30-,31+/m1/s1. The van der Waals surface area contributed by atoms with Crippen LogP contribution in [0.1, 0.15) is 80.6 Å². The fraction of sp³-hybridized carbons (Fsp3) is 0.375. The summed E-state index contributed by atoms with van der Waals surface area (Å²) in [7, 11) is 0. The van der Waals surface area contributed by atoms with Crippen LogP contribution in [0.25, 0.3) is 11.1 Å².